The number of nitriles is 1. The zero-order valence-electron chi connectivity index (χ0n) is 14.4. The number of carbonyl (C=O) groups is 1. The third-order valence-corrected chi connectivity index (χ3v) is 3.83. The number of anilines is 1. The smallest absolute Gasteiger partial charge is 0.271 e. The highest BCUT2D eigenvalue weighted by molar-refractivity contribution is 6.34. The molecule has 27 heavy (non-hydrogen) atoms. The van der Waals surface area contributed by atoms with Gasteiger partial charge in [0, 0.05) is 23.8 Å². The van der Waals surface area contributed by atoms with Crippen molar-refractivity contribution in [3.05, 3.63) is 62.7 Å². The third-order valence-electron chi connectivity index (χ3n) is 3.52. The highest BCUT2D eigenvalue weighted by Gasteiger charge is 2.15. The number of nitro groups is 1. The van der Waals surface area contributed by atoms with Gasteiger partial charge in [-0.3, -0.25) is 14.9 Å². The van der Waals surface area contributed by atoms with Crippen molar-refractivity contribution in [2.45, 2.75) is 0 Å². The quantitative estimate of drug-likeness (QED) is 0.349. The maximum Gasteiger partial charge on any atom is 0.271 e. The molecule has 0 saturated carbocycles. The molecule has 1 N–H and O–H groups in total. The molecule has 0 heterocycles. The van der Waals surface area contributed by atoms with Gasteiger partial charge in [0.05, 0.1) is 29.9 Å². The number of nitrogens with zero attached hydrogens (tertiary/aromatic N) is 2. The molecule has 0 saturated heterocycles. The van der Waals surface area contributed by atoms with Crippen LogP contribution in [-0.2, 0) is 4.79 Å². The number of nitro benzene ring substituents is 1. The molecule has 0 aliphatic rings. The van der Waals surface area contributed by atoms with Crippen LogP contribution in [0.3, 0.4) is 0 Å². The average Bonchev–Trinajstić information content (AvgIpc) is 2.67. The molecule has 0 spiro atoms. The Balaban J connectivity index is 2.30. The Morgan fingerprint density at radius 3 is 2.56 bits per heavy atom. The molecule has 0 bridgehead atoms. The van der Waals surface area contributed by atoms with Gasteiger partial charge in [-0.1, -0.05) is 11.6 Å². The predicted octanol–water partition coefficient (Wildman–Crippen LogP) is 3.81. The van der Waals surface area contributed by atoms with Gasteiger partial charge in [-0.15, -0.1) is 0 Å². The fraction of sp³-hybridized carbons (Fsp3) is 0.111. The Hall–Kier alpha value is -3.57. The largest absolute Gasteiger partial charge is 0.497 e. The van der Waals surface area contributed by atoms with E-state index in [4.69, 9.17) is 21.1 Å². The van der Waals surface area contributed by atoms with Crippen molar-refractivity contribution >= 4 is 35.0 Å². The van der Waals surface area contributed by atoms with E-state index in [9.17, 15) is 20.2 Å². The van der Waals surface area contributed by atoms with Crippen LogP contribution in [0.15, 0.2) is 42.0 Å². The molecule has 0 aliphatic heterocycles. The van der Waals surface area contributed by atoms with Gasteiger partial charge in [0.1, 0.15) is 23.1 Å². The maximum atomic E-state index is 12.4. The van der Waals surface area contributed by atoms with Gasteiger partial charge in [-0.2, -0.15) is 5.26 Å². The van der Waals surface area contributed by atoms with E-state index in [1.165, 1.54) is 32.4 Å². The molecule has 1 amide bonds. The van der Waals surface area contributed by atoms with Crippen LogP contribution in [0.1, 0.15) is 5.56 Å². The summed E-state index contributed by atoms with van der Waals surface area (Å²) in [7, 11) is 2.96. The lowest BCUT2D eigenvalue weighted by molar-refractivity contribution is -0.384. The minimum absolute atomic E-state index is 0.0168. The number of halogens is 1. The van der Waals surface area contributed by atoms with Crippen LogP contribution in [0.5, 0.6) is 11.5 Å². The molecule has 138 valence electrons. The number of carbonyl (C=O) groups excluding carboxylic acids is 1. The zero-order valence-corrected chi connectivity index (χ0v) is 15.1. The van der Waals surface area contributed by atoms with E-state index in [1.807, 2.05) is 6.07 Å². The van der Waals surface area contributed by atoms with Gasteiger partial charge in [-0.05, 0) is 24.3 Å². The molecule has 0 radical (unpaired) electrons. The summed E-state index contributed by atoms with van der Waals surface area (Å²) < 4.78 is 10.3. The molecule has 8 nitrogen and oxygen atoms in total. The second-order valence-electron chi connectivity index (χ2n) is 5.15. The second kappa shape index (κ2) is 8.69. The number of rotatable bonds is 6. The van der Waals surface area contributed by atoms with Gasteiger partial charge in [0.2, 0.25) is 0 Å². The first-order chi connectivity index (χ1) is 12.9. The fourth-order valence-electron chi connectivity index (χ4n) is 2.15. The first-order valence-corrected chi connectivity index (χ1v) is 7.86. The number of non-ortho nitro benzene ring substituents is 1. The number of amides is 1. The van der Waals surface area contributed by atoms with E-state index in [0.717, 1.165) is 6.07 Å². The molecule has 0 atom stereocenters. The summed E-state index contributed by atoms with van der Waals surface area (Å²) in [5.74, 6) is 0.263. The van der Waals surface area contributed by atoms with Crippen molar-refractivity contribution in [3.63, 3.8) is 0 Å². The lowest BCUT2D eigenvalue weighted by Gasteiger charge is -2.09. The topological polar surface area (TPSA) is 114 Å². The summed E-state index contributed by atoms with van der Waals surface area (Å²) in [4.78, 5) is 22.5. The summed E-state index contributed by atoms with van der Waals surface area (Å²) in [6.45, 7) is 0. The van der Waals surface area contributed by atoms with Crippen molar-refractivity contribution < 1.29 is 19.2 Å². The summed E-state index contributed by atoms with van der Waals surface area (Å²) in [5.41, 5.74) is 0.236. The lowest BCUT2D eigenvalue weighted by Crippen LogP contribution is -2.14. The molecular formula is C18H14ClN3O5. The minimum atomic E-state index is -0.717. The molecule has 0 unspecified atom stereocenters. The van der Waals surface area contributed by atoms with E-state index in [-0.39, 0.29) is 22.0 Å². The highest BCUT2D eigenvalue weighted by atomic mass is 35.5. The number of hydrogen-bond acceptors (Lipinski definition) is 6. The van der Waals surface area contributed by atoms with Crippen LogP contribution in [0, 0.1) is 21.4 Å². The Bertz CT molecular complexity index is 966. The van der Waals surface area contributed by atoms with Crippen LogP contribution in [0.25, 0.3) is 6.08 Å². The van der Waals surface area contributed by atoms with Crippen LogP contribution >= 0.6 is 11.6 Å². The van der Waals surface area contributed by atoms with Gasteiger partial charge >= 0.3 is 0 Å². The van der Waals surface area contributed by atoms with E-state index in [0.29, 0.717) is 17.1 Å². The standard InChI is InChI=1S/C18H14ClN3O5/c1-26-14-5-3-11(17(9-14)27-2)7-12(10-20)18(23)21-16-6-4-13(22(24)25)8-15(16)19/h3-9H,1-2H3,(H,21,23)/b12-7-. The zero-order chi connectivity index (χ0) is 20.0. The van der Waals surface area contributed by atoms with E-state index < -0.39 is 10.8 Å². The Morgan fingerprint density at radius 2 is 2.00 bits per heavy atom. The second-order valence-corrected chi connectivity index (χ2v) is 5.56. The molecule has 0 aliphatic carbocycles. The van der Waals surface area contributed by atoms with Crippen molar-refractivity contribution in [2.24, 2.45) is 0 Å². The fourth-order valence-corrected chi connectivity index (χ4v) is 2.37. The van der Waals surface area contributed by atoms with Crippen molar-refractivity contribution in [3.8, 4) is 17.6 Å². The predicted molar refractivity (Wildman–Crippen MR) is 99.9 cm³/mol. The van der Waals surface area contributed by atoms with E-state index >= 15 is 0 Å². The Labute approximate surface area is 159 Å². The molecule has 9 heteroatoms. The summed E-state index contributed by atoms with van der Waals surface area (Å²) >= 11 is 5.95. The van der Waals surface area contributed by atoms with Gasteiger partial charge < -0.3 is 14.8 Å². The number of hydrogen-bond donors (Lipinski definition) is 1. The Morgan fingerprint density at radius 1 is 1.26 bits per heavy atom. The van der Waals surface area contributed by atoms with Gasteiger partial charge in [-0.25, -0.2) is 0 Å². The first-order valence-electron chi connectivity index (χ1n) is 7.48. The van der Waals surface area contributed by atoms with Crippen LogP contribution in [0.4, 0.5) is 11.4 Å². The molecule has 2 aromatic rings. The molecule has 0 aromatic heterocycles. The average molecular weight is 388 g/mol. The lowest BCUT2D eigenvalue weighted by atomic mass is 10.1. The molecule has 0 fully saturated rings. The Kier molecular flexibility index (Phi) is 6.36. The van der Waals surface area contributed by atoms with Crippen LogP contribution in [0.2, 0.25) is 5.02 Å². The molecule has 2 aromatic carbocycles. The van der Waals surface area contributed by atoms with Crippen molar-refractivity contribution in [1.29, 1.82) is 5.26 Å². The number of nitrogens with one attached hydrogen (secondary N) is 1. The molecular weight excluding hydrogens is 374 g/mol. The summed E-state index contributed by atoms with van der Waals surface area (Å²) in [6, 6.07) is 10.3. The van der Waals surface area contributed by atoms with Crippen LogP contribution < -0.4 is 14.8 Å². The monoisotopic (exact) mass is 387 g/mol. The maximum absolute atomic E-state index is 12.4. The number of benzene rings is 2. The SMILES string of the molecule is COc1ccc(/C=C(/C#N)C(=O)Nc2ccc([N+](=O)[O-])cc2Cl)c(OC)c1. The van der Waals surface area contributed by atoms with Gasteiger partial charge in [0.25, 0.3) is 11.6 Å². The van der Waals surface area contributed by atoms with Crippen molar-refractivity contribution in [2.75, 3.05) is 19.5 Å². The third kappa shape index (κ3) is 4.74. The first kappa shape index (κ1) is 19.8. The number of ether oxygens (including phenoxy) is 2. The van der Waals surface area contributed by atoms with E-state index in [1.54, 1.807) is 18.2 Å². The summed E-state index contributed by atoms with van der Waals surface area (Å²) in [5, 5.41) is 22.5. The van der Waals surface area contributed by atoms with Crippen LogP contribution in [-0.4, -0.2) is 25.1 Å². The van der Waals surface area contributed by atoms with Crippen molar-refractivity contribution in [1.82, 2.24) is 0 Å². The summed E-state index contributed by atoms with van der Waals surface area (Å²) in [6.07, 6.45) is 1.35. The normalized spacial score (nSPS) is 10.7. The van der Waals surface area contributed by atoms with E-state index in [2.05, 4.69) is 5.32 Å². The van der Waals surface area contributed by atoms with Gasteiger partial charge in [0.15, 0.2) is 0 Å². The minimum Gasteiger partial charge on any atom is -0.497 e. The molecule has 2 rings (SSSR count). The highest BCUT2D eigenvalue weighted by Crippen LogP contribution is 2.28. The number of methoxy groups -OCH3 is 2.